The van der Waals surface area contributed by atoms with E-state index >= 15 is 0 Å². The summed E-state index contributed by atoms with van der Waals surface area (Å²) < 4.78 is 1.98. The molecule has 3 rings (SSSR count). The lowest BCUT2D eigenvalue weighted by Gasteiger charge is -2.23. The van der Waals surface area contributed by atoms with Gasteiger partial charge in [-0.25, -0.2) is 4.98 Å². The van der Waals surface area contributed by atoms with Gasteiger partial charge in [-0.15, -0.1) is 0 Å². The van der Waals surface area contributed by atoms with Gasteiger partial charge in [0.1, 0.15) is 12.4 Å². The summed E-state index contributed by atoms with van der Waals surface area (Å²) in [4.78, 5) is 16.7. The van der Waals surface area contributed by atoms with Gasteiger partial charge in [0.2, 0.25) is 5.91 Å². The third-order valence-corrected chi connectivity index (χ3v) is 3.85. The van der Waals surface area contributed by atoms with Crippen LogP contribution in [0.25, 0.3) is 11.0 Å². The molecule has 0 bridgehead atoms. The number of imidazole rings is 1. The summed E-state index contributed by atoms with van der Waals surface area (Å²) >= 11 is 0. The minimum Gasteiger partial charge on any atom is -0.352 e. The van der Waals surface area contributed by atoms with Crippen LogP contribution in [0.15, 0.2) is 24.3 Å². The lowest BCUT2D eigenvalue weighted by molar-refractivity contribution is -0.122. The van der Waals surface area contributed by atoms with E-state index in [0.717, 1.165) is 42.8 Å². The number of amides is 1. The molecule has 1 saturated heterocycles. The second kappa shape index (κ2) is 5.63. The van der Waals surface area contributed by atoms with E-state index in [1.807, 2.05) is 35.8 Å². The Morgan fingerprint density at radius 3 is 2.95 bits per heavy atom. The highest BCUT2D eigenvalue weighted by Crippen LogP contribution is 2.15. The molecular weight excluding hydrogens is 252 g/mol. The molecule has 0 spiro atoms. The van der Waals surface area contributed by atoms with E-state index in [4.69, 9.17) is 0 Å². The average Bonchev–Trinajstić information content (AvgIpc) is 2.76. The number of nitrogens with one attached hydrogen (secondary N) is 2. The highest BCUT2D eigenvalue weighted by Gasteiger charge is 2.16. The Morgan fingerprint density at radius 2 is 2.15 bits per heavy atom. The maximum absolute atomic E-state index is 12.2. The van der Waals surface area contributed by atoms with Crippen LogP contribution in [0, 0.1) is 6.92 Å². The molecule has 0 saturated carbocycles. The largest absolute Gasteiger partial charge is 0.352 e. The smallest absolute Gasteiger partial charge is 0.240 e. The molecular formula is C15H20N4O. The molecule has 20 heavy (non-hydrogen) atoms. The molecule has 1 aromatic carbocycles. The van der Waals surface area contributed by atoms with Crippen molar-refractivity contribution in [3.8, 4) is 0 Å². The molecule has 0 radical (unpaired) electrons. The van der Waals surface area contributed by atoms with Gasteiger partial charge >= 0.3 is 0 Å². The van der Waals surface area contributed by atoms with E-state index in [1.54, 1.807) is 0 Å². The Morgan fingerprint density at radius 1 is 1.40 bits per heavy atom. The summed E-state index contributed by atoms with van der Waals surface area (Å²) in [5.74, 6) is 0.954. The van der Waals surface area contributed by atoms with E-state index in [9.17, 15) is 4.79 Å². The zero-order valence-electron chi connectivity index (χ0n) is 11.7. The van der Waals surface area contributed by atoms with Crippen LogP contribution in [-0.2, 0) is 11.3 Å². The standard InChI is InChI=1S/C15H20N4O/c1-11-17-13-4-2-3-5-14(13)19(11)10-15(20)18-12-6-8-16-9-7-12/h2-5,12,16H,6-10H2,1H3,(H,18,20). The highest BCUT2D eigenvalue weighted by molar-refractivity contribution is 5.81. The van der Waals surface area contributed by atoms with Crippen molar-refractivity contribution in [1.82, 2.24) is 20.2 Å². The number of rotatable bonds is 3. The summed E-state index contributed by atoms with van der Waals surface area (Å²) in [6.07, 6.45) is 2.02. The summed E-state index contributed by atoms with van der Waals surface area (Å²) in [5, 5.41) is 6.42. The van der Waals surface area contributed by atoms with Gasteiger partial charge in [-0.05, 0) is 45.0 Å². The molecule has 1 aliphatic rings. The molecule has 2 aromatic rings. The van der Waals surface area contributed by atoms with Crippen LogP contribution in [-0.4, -0.2) is 34.6 Å². The van der Waals surface area contributed by atoms with Crippen molar-refractivity contribution in [3.05, 3.63) is 30.1 Å². The van der Waals surface area contributed by atoms with Gasteiger partial charge in [0.25, 0.3) is 0 Å². The number of aromatic nitrogens is 2. The van der Waals surface area contributed by atoms with Gasteiger partial charge < -0.3 is 15.2 Å². The summed E-state index contributed by atoms with van der Waals surface area (Å²) in [7, 11) is 0. The quantitative estimate of drug-likeness (QED) is 0.883. The van der Waals surface area contributed by atoms with E-state index < -0.39 is 0 Å². The minimum atomic E-state index is 0.0724. The molecule has 0 aliphatic carbocycles. The highest BCUT2D eigenvalue weighted by atomic mass is 16.2. The topological polar surface area (TPSA) is 59.0 Å². The van der Waals surface area contributed by atoms with Crippen LogP contribution in [0.2, 0.25) is 0 Å². The van der Waals surface area contributed by atoms with Crippen LogP contribution in [0.4, 0.5) is 0 Å². The number of hydrogen-bond donors (Lipinski definition) is 2. The fraction of sp³-hybridized carbons (Fsp3) is 0.467. The van der Waals surface area contributed by atoms with Crippen molar-refractivity contribution in [1.29, 1.82) is 0 Å². The number of carbonyl (C=O) groups is 1. The predicted octanol–water partition coefficient (Wildman–Crippen LogP) is 1.21. The van der Waals surface area contributed by atoms with Gasteiger partial charge in [0.05, 0.1) is 11.0 Å². The number of para-hydroxylation sites is 2. The average molecular weight is 272 g/mol. The zero-order chi connectivity index (χ0) is 13.9. The van der Waals surface area contributed by atoms with Crippen molar-refractivity contribution in [3.63, 3.8) is 0 Å². The fourth-order valence-electron chi connectivity index (χ4n) is 2.78. The normalized spacial score (nSPS) is 16.4. The van der Waals surface area contributed by atoms with Gasteiger partial charge in [0, 0.05) is 6.04 Å². The third kappa shape index (κ3) is 2.67. The molecule has 0 atom stereocenters. The Labute approximate surface area is 118 Å². The minimum absolute atomic E-state index is 0.0724. The molecule has 2 heterocycles. The van der Waals surface area contributed by atoms with Gasteiger partial charge in [-0.3, -0.25) is 4.79 Å². The van der Waals surface area contributed by atoms with Gasteiger partial charge in [-0.1, -0.05) is 12.1 Å². The van der Waals surface area contributed by atoms with Crippen LogP contribution in [0.3, 0.4) is 0 Å². The predicted molar refractivity (Wildman–Crippen MR) is 78.5 cm³/mol. The Balaban J connectivity index is 1.72. The second-order valence-corrected chi connectivity index (χ2v) is 5.33. The number of hydrogen-bond acceptors (Lipinski definition) is 3. The first-order valence-corrected chi connectivity index (χ1v) is 7.16. The fourth-order valence-corrected chi connectivity index (χ4v) is 2.78. The monoisotopic (exact) mass is 272 g/mol. The van der Waals surface area contributed by atoms with E-state index in [-0.39, 0.29) is 5.91 Å². The Bertz CT molecular complexity index is 613. The van der Waals surface area contributed by atoms with Crippen molar-refractivity contribution in [2.24, 2.45) is 0 Å². The number of aryl methyl sites for hydroxylation is 1. The molecule has 1 fully saturated rings. The number of carbonyl (C=O) groups excluding carboxylic acids is 1. The number of fused-ring (bicyclic) bond motifs is 1. The van der Waals surface area contributed by atoms with E-state index in [2.05, 4.69) is 15.6 Å². The first kappa shape index (κ1) is 13.1. The van der Waals surface area contributed by atoms with Crippen molar-refractivity contribution in [2.45, 2.75) is 32.4 Å². The Hall–Kier alpha value is -1.88. The number of piperidine rings is 1. The van der Waals surface area contributed by atoms with E-state index in [0.29, 0.717) is 12.6 Å². The molecule has 0 unspecified atom stereocenters. The maximum atomic E-state index is 12.2. The van der Waals surface area contributed by atoms with Crippen molar-refractivity contribution < 1.29 is 4.79 Å². The van der Waals surface area contributed by atoms with Crippen molar-refractivity contribution >= 4 is 16.9 Å². The first-order valence-electron chi connectivity index (χ1n) is 7.16. The molecule has 1 aromatic heterocycles. The molecule has 5 heteroatoms. The van der Waals surface area contributed by atoms with Crippen LogP contribution < -0.4 is 10.6 Å². The third-order valence-electron chi connectivity index (χ3n) is 3.85. The second-order valence-electron chi connectivity index (χ2n) is 5.33. The summed E-state index contributed by atoms with van der Waals surface area (Å²) in [5.41, 5.74) is 1.96. The van der Waals surface area contributed by atoms with Crippen LogP contribution in [0.1, 0.15) is 18.7 Å². The van der Waals surface area contributed by atoms with Gasteiger partial charge in [0.15, 0.2) is 0 Å². The SMILES string of the molecule is Cc1nc2ccccc2n1CC(=O)NC1CCNCC1. The van der Waals surface area contributed by atoms with E-state index in [1.165, 1.54) is 0 Å². The number of nitrogens with zero attached hydrogens (tertiary/aromatic N) is 2. The summed E-state index contributed by atoms with van der Waals surface area (Å²) in [6, 6.07) is 8.23. The lowest BCUT2D eigenvalue weighted by Crippen LogP contribution is -2.43. The Kier molecular flexibility index (Phi) is 3.69. The zero-order valence-corrected chi connectivity index (χ0v) is 11.7. The molecule has 1 amide bonds. The maximum Gasteiger partial charge on any atom is 0.240 e. The number of benzene rings is 1. The first-order chi connectivity index (χ1) is 9.74. The molecule has 106 valence electrons. The van der Waals surface area contributed by atoms with Crippen LogP contribution in [0.5, 0.6) is 0 Å². The molecule has 1 aliphatic heterocycles. The van der Waals surface area contributed by atoms with Crippen molar-refractivity contribution in [2.75, 3.05) is 13.1 Å². The summed E-state index contributed by atoms with van der Waals surface area (Å²) in [6.45, 7) is 4.25. The lowest BCUT2D eigenvalue weighted by atomic mass is 10.1. The van der Waals surface area contributed by atoms with Crippen LogP contribution >= 0.6 is 0 Å². The molecule has 5 nitrogen and oxygen atoms in total. The molecule has 2 N–H and O–H groups in total. The van der Waals surface area contributed by atoms with Gasteiger partial charge in [-0.2, -0.15) is 0 Å².